The van der Waals surface area contributed by atoms with E-state index in [9.17, 15) is 22.8 Å². The number of carbonyl (C=O) groups excluding carboxylic acids is 2. The molecular weight excluding hydrogens is 263 g/mol. The number of alkyl halides is 3. The van der Waals surface area contributed by atoms with Crippen molar-refractivity contribution < 1.29 is 22.8 Å². The van der Waals surface area contributed by atoms with Crippen LogP contribution in [0.5, 0.6) is 0 Å². The smallest absolute Gasteiger partial charge is 0.275 e. The zero-order chi connectivity index (χ0) is 14.0. The maximum atomic E-state index is 12.3. The summed E-state index contributed by atoms with van der Waals surface area (Å²) in [6, 6.07) is 3.62. The topological polar surface area (TPSA) is 61.8 Å². The number of amides is 3. The molecule has 0 radical (unpaired) electrons. The van der Waals surface area contributed by atoms with Gasteiger partial charge in [0.25, 0.3) is 0 Å². The molecule has 2 rings (SSSR count). The van der Waals surface area contributed by atoms with Crippen molar-refractivity contribution in [3.05, 3.63) is 35.4 Å². The van der Waals surface area contributed by atoms with Crippen molar-refractivity contribution in [1.29, 1.82) is 0 Å². The largest absolute Gasteiger partial charge is 0.416 e. The minimum Gasteiger partial charge on any atom is -0.275 e. The van der Waals surface area contributed by atoms with Gasteiger partial charge in [0.05, 0.1) is 11.8 Å². The molecule has 1 aromatic rings. The van der Waals surface area contributed by atoms with Crippen LogP contribution in [0.15, 0.2) is 29.4 Å². The lowest BCUT2D eigenvalue weighted by Crippen LogP contribution is -2.24. The second-order valence-electron chi connectivity index (χ2n) is 3.78. The molecule has 0 unspecified atom stereocenters. The molecule has 0 bridgehead atoms. The summed E-state index contributed by atoms with van der Waals surface area (Å²) in [5.74, 6) is -0.477. The van der Waals surface area contributed by atoms with Crippen molar-refractivity contribution in [3.63, 3.8) is 0 Å². The highest BCUT2D eigenvalue weighted by Gasteiger charge is 2.30. The second-order valence-corrected chi connectivity index (χ2v) is 3.78. The summed E-state index contributed by atoms with van der Waals surface area (Å²) in [5.41, 5.74) is -0.376. The SMILES string of the molecule is O=C1CN(/N=C/c2ccc(C(F)(F)F)cc2)C(=O)N1. The molecular formula is C11H8F3N3O2. The third-order valence-corrected chi connectivity index (χ3v) is 2.36. The molecule has 0 saturated carbocycles. The van der Waals surface area contributed by atoms with Crippen molar-refractivity contribution in [2.75, 3.05) is 6.54 Å². The van der Waals surface area contributed by atoms with Gasteiger partial charge in [0, 0.05) is 0 Å². The van der Waals surface area contributed by atoms with Gasteiger partial charge in [-0.05, 0) is 17.7 Å². The molecule has 1 saturated heterocycles. The first-order valence-corrected chi connectivity index (χ1v) is 5.19. The molecule has 1 heterocycles. The highest BCUT2D eigenvalue weighted by atomic mass is 19.4. The van der Waals surface area contributed by atoms with E-state index >= 15 is 0 Å². The zero-order valence-corrected chi connectivity index (χ0v) is 9.44. The van der Waals surface area contributed by atoms with Crippen LogP contribution in [-0.2, 0) is 11.0 Å². The Labute approximate surface area is 105 Å². The Morgan fingerprint density at radius 1 is 1.21 bits per heavy atom. The van der Waals surface area contributed by atoms with Gasteiger partial charge in [-0.1, -0.05) is 12.1 Å². The molecule has 19 heavy (non-hydrogen) atoms. The first kappa shape index (κ1) is 13.1. The number of imide groups is 1. The predicted octanol–water partition coefficient (Wildman–Crippen LogP) is 1.59. The molecule has 1 fully saturated rings. The molecule has 1 N–H and O–H groups in total. The highest BCUT2D eigenvalue weighted by molar-refractivity contribution is 6.02. The molecule has 1 aromatic carbocycles. The molecule has 0 spiro atoms. The Morgan fingerprint density at radius 3 is 2.32 bits per heavy atom. The number of benzene rings is 1. The fraction of sp³-hybridized carbons (Fsp3) is 0.182. The van der Waals surface area contributed by atoms with E-state index in [1.807, 2.05) is 5.32 Å². The number of urea groups is 1. The molecule has 8 heteroatoms. The average molecular weight is 271 g/mol. The van der Waals surface area contributed by atoms with Crippen LogP contribution < -0.4 is 5.32 Å². The van der Waals surface area contributed by atoms with Crippen LogP contribution in [-0.4, -0.2) is 29.7 Å². The summed E-state index contributed by atoms with van der Waals surface area (Å²) in [4.78, 5) is 22.0. The molecule has 1 aliphatic rings. The van der Waals surface area contributed by atoms with E-state index < -0.39 is 23.7 Å². The Kier molecular flexibility index (Phi) is 3.24. The third kappa shape index (κ3) is 3.09. The number of rotatable bonds is 2. The van der Waals surface area contributed by atoms with Crippen molar-refractivity contribution in [2.45, 2.75) is 6.18 Å². The maximum absolute atomic E-state index is 12.3. The van der Waals surface area contributed by atoms with E-state index in [4.69, 9.17) is 0 Å². The molecule has 0 atom stereocenters. The summed E-state index contributed by atoms with van der Waals surface area (Å²) in [6.45, 7) is -0.198. The molecule has 0 aromatic heterocycles. The van der Waals surface area contributed by atoms with Crippen LogP contribution >= 0.6 is 0 Å². The fourth-order valence-electron chi connectivity index (χ4n) is 1.42. The standard InChI is InChI=1S/C11H8F3N3O2/c12-11(13,14)8-3-1-7(2-4-8)5-15-17-6-9(18)16-10(17)19/h1-5H,6H2,(H,16,18,19)/b15-5+. The van der Waals surface area contributed by atoms with E-state index in [1.54, 1.807) is 0 Å². The Bertz CT molecular complexity index is 537. The number of nitrogens with one attached hydrogen (secondary N) is 1. The Morgan fingerprint density at radius 2 is 1.84 bits per heavy atom. The summed E-state index contributed by atoms with van der Waals surface area (Å²) in [7, 11) is 0. The van der Waals surface area contributed by atoms with Gasteiger partial charge in [0.1, 0.15) is 6.54 Å². The lowest BCUT2D eigenvalue weighted by Gasteiger charge is -2.06. The summed E-state index contributed by atoms with van der Waals surface area (Å²) >= 11 is 0. The van der Waals surface area contributed by atoms with Crippen molar-refractivity contribution in [2.24, 2.45) is 5.10 Å². The van der Waals surface area contributed by atoms with Gasteiger partial charge in [0.15, 0.2) is 0 Å². The van der Waals surface area contributed by atoms with Crippen molar-refractivity contribution >= 4 is 18.2 Å². The van der Waals surface area contributed by atoms with Gasteiger partial charge in [-0.2, -0.15) is 18.3 Å². The van der Waals surface area contributed by atoms with Gasteiger partial charge >= 0.3 is 12.2 Å². The second kappa shape index (κ2) is 4.71. The first-order chi connectivity index (χ1) is 8.86. The van der Waals surface area contributed by atoms with E-state index in [-0.39, 0.29) is 6.54 Å². The third-order valence-electron chi connectivity index (χ3n) is 2.36. The Hall–Kier alpha value is -2.38. The number of halogens is 3. The monoisotopic (exact) mass is 271 g/mol. The normalized spacial score (nSPS) is 16.3. The molecule has 1 aliphatic heterocycles. The number of carbonyl (C=O) groups is 2. The average Bonchev–Trinajstić information content (AvgIpc) is 2.65. The first-order valence-electron chi connectivity index (χ1n) is 5.19. The zero-order valence-electron chi connectivity index (χ0n) is 9.44. The highest BCUT2D eigenvalue weighted by Crippen LogP contribution is 2.28. The number of hydrogen-bond donors (Lipinski definition) is 1. The minimum absolute atomic E-state index is 0.198. The Balaban J connectivity index is 2.08. The van der Waals surface area contributed by atoms with Crippen molar-refractivity contribution in [1.82, 2.24) is 10.3 Å². The van der Waals surface area contributed by atoms with Crippen molar-refractivity contribution in [3.8, 4) is 0 Å². The number of hydrogen-bond acceptors (Lipinski definition) is 3. The predicted molar refractivity (Wildman–Crippen MR) is 59.3 cm³/mol. The minimum atomic E-state index is -4.39. The molecule has 5 nitrogen and oxygen atoms in total. The van der Waals surface area contributed by atoms with Gasteiger partial charge < -0.3 is 0 Å². The van der Waals surface area contributed by atoms with Crippen LogP contribution in [0.25, 0.3) is 0 Å². The molecule has 100 valence electrons. The quantitative estimate of drug-likeness (QED) is 0.656. The van der Waals surface area contributed by atoms with Gasteiger partial charge in [-0.15, -0.1) is 0 Å². The van der Waals surface area contributed by atoms with Crippen LogP contribution in [0.4, 0.5) is 18.0 Å². The molecule has 3 amide bonds. The summed E-state index contributed by atoms with van der Waals surface area (Å²) in [5, 5.41) is 6.62. The molecule has 0 aliphatic carbocycles. The van der Waals surface area contributed by atoms with E-state index in [2.05, 4.69) is 5.10 Å². The number of nitrogens with zero attached hydrogens (tertiary/aromatic N) is 2. The van der Waals surface area contributed by atoms with E-state index in [0.717, 1.165) is 17.1 Å². The fourth-order valence-corrected chi connectivity index (χ4v) is 1.42. The van der Waals surface area contributed by atoms with Gasteiger partial charge in [-0.3, -0.25) is 10.1 Å². The van der Waals surface area contributed by atoms with Crippen LogP contribution in [0, 0.1) is 0 Å². The van der Waals surface area contributed by atoms with E-state index in [1.165, 1.54) is 18.3 Å². The van der Waals surface area contributed by atoms with Crippen LogP contribution in [0.3, 0.4) is 0 Å². The number of hydrazone groups is 1. The van der Waals surface area contributed by atoms with E-state index in [0.29, 0.717) is 5.56 Å². The van der Waals surface area contributed by atoms with Gasteiger partial charge in [-0.25, -0.2) is 9.80 Å². The van der Waals surface area contributed by atoms with Gasteiger partial charge in [0.2, 0.25) is 5.91 Å². The maximum Gasteiger partial charge on any atom is 0.416 e. The van der Waals surface area contributed by atoms with Crippen LogP contribution in [0.2, 0.25) is 0 Å². The lowest BCUT2D eigenvalue weighted by molar-refractivity contribution is -0.137. The summed E-state index contributed by atoms with van der Waals surface area (Å²) < 4.78 is 36.9. The van der Waals surface area contributed by atoms with Crippen LogP contribution in [0.1, 0.15) is 11.1 Å². The summed E-state index contributed by atoms with van der Waals surface area (Å²) in [6.07, 6.45) is -3.19. The lowest BCUT2D eigenvalue weighted by atomic mass is 10.1.